The molecule has 4 heterocycles. The molecule has 2 aliphatic rings. The number of H-pyrrole nitrogens is 1. The standard InChI is InChI=1S/C29H29Cl3N6O/c30-20-4-3-17(25(31)12-20)14-38-15-19(16-38)29(39)36-22-7-5-21(6-8-22)35-27-11-18(10-26(32)37-27)24-13-34-28-23(24)2-1-9-33-28/h1-4,9-13,19,21-22H,5-8,14-16H2,(H,33,34)(H,35,37)(H,36,39)/t21-,22-. The van der Waals surface area contributed by atoms with Crippen molar-refractivity contribution in [3.8, 4) is 11.1 Å². The molecule has 3 N–H and O–H groups in total. The molecule has 2 fully saturated rings. The Balaban J connectivity index is 0.984. The lowest BCUT2D eigenvalue weighted by atomic mass is 9.90. The van der Waals surface area contributed by atoms with Crippen molar-refractivity contribution in [1.82, 2.24) is 25.2 Å². The van der Waals surface area contributed by atoms with Crippen LogP contribution in [0.4, 0.5) is 5.82 Å². The lowest BCUT2D eigenvalue weighted by Gasteiger charge is -2.39. The van der Waals surface area contributed by atoms with Crippen molar-refractivity contribution in [1.29, 1.82) is 0 Å². The fraction of sp³-hybridized carbons (Fsp3) is 0.345. The van der Waals surface area contributed by atoms with Crippen LogP contribution in [0, 0.1) is 5.92 Å². The molecule has 0 spiro atoms. The molecular weight excluding hydrogens is 555 g/mol. The highest BCUT2D eigenvalue weighted by Crippen LogP contribution is 2.32. The second kappa shape index (κ2) is 11.3. The Hall–Kier alpha value is -2.84. The second-order valence-electron chi connectivity index (χ2n) is 10.5. The van der Waals surface area contributed by atoms with Gasteiger partial charge in [0.15, 0.2) is 0 Å². The highest BCUT2D eigenvalue weighted by molar-refractivity contribution is 6.35. The Kier molecular flexibility index (Phi) is 7.67. The number of carbonyl (C=O) groups is 1. The van der Waals surface area contributed by atoms with Crippen molar-refractivity contribution in [3.05, 3.63) is 75.6 Å². The van der Waals surface area contributed by atoms with Crippen molar-refractivity contribution in [2.75, 3.05) is 18.4 Å². The number of aromatic nitrogens is 3. The molecule has 0 atom stereocenters. The number of hydrogen-bond acceptors (Lipinski definition) is 5. The zero-order valence-corrected chi connectivity index (χ0v) is 23.5. The number of rotatable bonds is 7. The zero-order chi connectivity index (χ0) is 26.9. The molecular formula is C29H29Cl3N6O. The third kappa shape index (κ3) is 6.02. The number of carbonyl (C=O) groups excluding carboxylic acids is 1. The largest absolute Gasteiger partial charge is 0.367 e. The summed E-state index contributed by atoms with van der Waals surface area (Å²) in [6, 6.07) is 13.9. The summed E-state index contributed by atoms with van der Waals surface area (Å²) in [5.74, 6) is 0.943. The Morgan fingerprint density at radius 1 is 1.03 bits per heavy atom. The molecule has 1 aliphatic carbocycles. The second-order valence-corrected chi connectivity index (χ2v) is 11.7. The van der Waals surface area contributed by atoms with Crippen LogP contribution in [-0.4, -0.2) is 50.9 Å². The van der Waals surface area contributed by atoms with E-state index < -0.39 is 0 Å². The van der Waals surface area contributed by atoms with Gasteiger partial charge >= 0.3 is 0 Å². The number of nitrogens with one attached hydrogen (secondary N) is 3. The van der Waals surface area contributed by atoms with Gasteiger partial charge in [-0.3, -0.25) is 9.69 Å². The van der Waals surface area contributed by atoms with E-state index in [0.717, 1.165) is 78.9 Å². The van der Waals surface area contributed by atoms with Gasteiger partial charge in [-0.1, -0.05) is 40.9 Å². The lowest BCUT2D eigenvalue weighted by molar-refractivity contribution is -0.131. The van der Waals surface area contributed by atoms with E-state index in [0.29, 0.717) is 15.2 Å². The van der Waals surface area contributed by atoms with Gasteiger partial charge < -0.3 is 15.6 Å². The number of anilines is 1. The molecule has 1 amide bonds. The van der Waals surface area contributed by atoms with Gasteiger partial charge in [0.05, 0.1) is 5.92 Å². The minimum absolute atomic E-state index is 0.0284. The number of hydrogen-bond donors (Lipinski definition) is 3. The minimum atomic E-state index is 0.0284. The lowest BCUT2D eigenvalue weighted by Crippen LogP contribution is -2.55. The molecule has 1 aliphatic heterocycles. The summed E-state index contributed by atoms with van der Waals surface area (Å²) in [5.41, 5.74) is 3.91. The Labute approximate surface area is 242 Å². The monoisotopic (exact) mass is 582 g/mol. The van der Waals surface area contributed by atoms with Crippen LogP contribution in [0.3, 0.4) is 0 Å². The number of amides is 1. The van der Waals surface area contributed by atoms with Gasteiger partial charge in [-0.05, 0) is 73.2 Å². The summed E-state index contributed by atoms with van der Waals surface area (Å²) in [4.78, 5) is 27.2. The molecule has 3 aromatic heterocycles. The molecule has 4 aromatic rings. The summed E-state index contributed by atoms with van der Waals surface area (Å²) in [5, 5.41) is 9.64. The minimum Gasteiger partial charge on any atom is -0.367 e. The first-order valence-electron chi connectivity index (χ1n) is 13.2. The molecule has 0 radical (unpaired) electrons. The van der Waals surface area contributed by atoms with Crippen molar-refractivity contribution in [2.24, 2.45) is 5.92 Å². The van der Waals surface area contributed by atoms with Crippen LogP contribution in [0.25, 0.3) is 22.2 Å². The molecule has 7 nitrogen and oxygen atoms in total. The van der Waals surface area contributed by atoms with Gasteiger partial charge in [0.1, 0.15) is 16.6 Å². The molecule has 39 heavy (non-hydrogen) atoms. The molecule has 202 valence electrons. The van der Waals surface area contributed by atoms with E-state index in [1.165, 1.54) is 0 Å². The van der Waals surface area contributed by atoms with Crippen LogP contribution in [0.15, 0.2) is 54.9 Å². The molecule has 0 bridgehead atoms. The van der Waals surface area contributed by atoms with Crippen molar-refractivity contribution >= 4 is 57.6 Å². The summed E-state index contributed by atoms with van der Waals surface area (Å²) in [6.07, 6.45) is 7.50. The number of nitrogens with zero attached hydrogens (tertiary/aromatic N) is 3. The van der Waals surface area contributed by atoms with Gasteiger partial charge in [0, 0.05) is 65.1 Å². The molecule has 10 heteroatoms. The topological polar surface area (TPSA) is 85.9 Å². The number of halogens is 3. The van der Waals surface area contributed by atoms with Crippen molar-refractivity contribution in [2.45, 2.75) is 44.3 Å². The summed E-state index contributed by atoms with van der Waals surface area (Å²) in [7, 11) is 0. The Morgan fingerprint density at radius 3 is 2.62 bits per heavy atom. The normalized spacial score (nSPS) is 20.1. The van der Waals surface area contributed by atoms with Gasteiger partial charge in [-0.25, -0.2) is 9.97 Å². The summed E-state index contributed by atoms with van der Waals surface area (Å²) >= 11 is 18.7. The maximum atomic E-state index is 12.8. The fourth-order valence-corrected chi connectivity index (χ4v) is 6.26. The van der Waals surface area contributed by atoms with Gasteiger partial charge in [-0.15, -0.1) is 0 Å². The third-order valence-electron chi connectivity index (χ3n) is 7.72. The fourth-order valence-electron chi connectivity index (χ4n) is 5.59. The average Bonchev–Trinajstić information content (AvgIpc) is 3.32. The number of likely N-dealkylation sites (tertiary alicyclic amines) is 1. The quantitative estimate of drug-likeness (QED) is 0.215. The van der Waals surface area contributed by atoms with E-state index in [1.807, 2.05) is 42.6 Å². The first kappa shape index (κ1) is 26.4. The molecule has 0 unspecified atom stereocenters. The van der Waals surface area contributed by atoms with Gasteiger partial charge in [-0.2, -0.15) is 0 Å². The predicted octanol–water partition coefficient (Wildman–Crippen LogP) is 6.56. The maximum absolute atomic E-state index is 12.8. The first-order valence-corrected chi connectivity index (χ1v) is 14.4. The van der Waals surface area contributed by atoms with Crippen molar-refractivity contribution < 1.29 is 4.79 Å². The molecule has 1 aromatic carbocycles. The Bertz CT molecular complexity index is 1490. The molecule has 6 rings (SSSR count). The summed E-state index contributed by atoms with van der Waals surface area (Å²) < 4.78 is 0. The van der Waals surface area contributed by atoms with E-state index in [9.17, 15) is 4.79 Å². The predicted molar refractivity (Wildman–Crippen MR) is 157 cm³/mol. The van der Waals surface area contributed by atoms with E-state index >= 15 is 0 Å². The SMILES string of the molecule is O=C(N[C@H]1CC[C@H](Nc2cc(-c3c[nH]c4ncccc34)cc(Cl)n2)CC1)C1CN(Cc2ccc(Cl)cc2Cl)C1. The highest BCUT2D eigenvalue weighted by Gasteiger charge is 2.34. The van der Waals surface area contributed by atoms with Gasteiger partial charge in [0.25, 0.3) is 0 Å². The number of benzene rings is 1. The first-order chi connectivity index (χ1) is 18.9. The number of aromatic amines is 1. The van der Waals surface area contributed by atoms with Crippen LogP contribution in [-0.2, 0) is 11.3 Å². The van der Waals surface area contributed by atoms with Crippen LogP contribution < -0.4 is 10.6 Å². The zero-order valence-electron chi connectivity index (χ0n) is 21.3. The molecule has 1 saturated heterocycles. The van der Waals surface area contributed by atoms with Crippen LogP contribution in [0.5, 0.6) is 0 Å². The third-order valence-corrected chi connectivity index (χ3v) is 8.50. The number of fused-ring (bicyclic) bond motifs is 1. The molecule has 1 saturated carbocycles. The van der Waals surface area contributed by atoms with Crippen LogP contribution >= 0.6 is 34.8 Å². The summed E-state index contributed by atoms with van der Waals surface area (Å²) in [6.45, 7) is 2.22. The van der Waals surface area contributed by atoms with E-state index in [1.54, 1.807) is 12.3 Å². The maximum Gasteiger partial charge on any atom is 0.225 e. The smallest absolute Gasteiger partial charge is 0.225 e. The van der Waals surface area contributed by atoms with Crippen LogP contribution in [0.1, 0.15) is 31.2 Å². The highest BCUT2D eigenvalue weighted by atomic mass is 35.5. The van der Waals surface area contributed by atoms with E-state index in [-0.39, 0.29) is 23.9 Å². The van der Waals surface area contributed by atoms with Crippen LogP contribution in [0.2, 0.25) is 15.2 Å². The number of pyridine rings is 2. The average molecular weight is 584 g/mol. The van der Waals surface area contributed by atoms with Gasteiger partial charge in [0.2, 0.25) is 5.91 Å². The van der Waals surface area contributed by atoms with E-state index in [2.05, 4.69) is 30.5 Å². The Morgan fingerprint density at radius 2 is 1.82 bits per heavy atom. The van der Waals surface area contributed by atoms with E-state index in [4.69, 9.17) is 34.8 Å². The van der Waals surface area contributed by atoms with Crippen molar-refractivity contribution in [3.63, 3.8) is 0 Å².